The van der Waals surface area contributed by atoms with Gasteiger partial charge in [0.2, 0.25) is 0 Å². The number of hydrogen-bond donors (Lipinski definition) is 2. The fourth-order valence-electron chi connectivity index (χ4n) is 1.60. The highest BCUT2D eigenvalue weighted by atomic mass is 16.3. The summed E-state index contributed by atoms with van der Waals surface area (Å²) < 4.78 is 0. The third-order valence-electron chi connectivity index (χ3n) is 2.63. The minimum absolute atomic E-state index is 0.108. The fourth-order valence-corrected chi connectivity index (χ4v) is 1.60. The number of nitrogens with two attached hydrogens (primary N) is 1. The summed E-state index contributed by atoms with van der Waals surface area (Å²) in [6.07, 6.45) is 2.11. The average molecular weight is 170 g/mol. The van der Waals surface area contributed by atoms with Crippen molar-refractivity contribution in [2.75, 3.05) is 13.1 Å². The molecule has 2 fully saturated rings. The molecule has 0 aromatic heterocycles. The van der Waals surface area contributed by atoms with Gasteiger partial charge in [-0.3, -0.25) is 4.79 Å². The maximum atomic E-state index is 11.5. The van der Waals surface area contributed by atoms with E-state index in [9.17, 15) is 9.90 Å². The van der Waals surface area contributed by atoms with E-state index in [0.29, 0.717) is 25.9 Å². The number of hydrogen-bond acceptors (Lipinski definition) is 3. The molecule has 0 aromatic rings. The third-order valence-corrected chi connectivity index (χ3v) is 2.63. The van der Waals surface area contributed by atoms with Gasteiger partial charge in [-0.15, -0.1) is 0 Å². The van der Waals surface area contributed by atoms with Crippen LogP contribution >= 0.6 is 0 Å². The minimum Gasteiger partial charge on any atom is -0.380 e. The molecule has 0 bridgehead atoms. The summed E-state index contributed by atoms with van der Waals surface area (Å²) in [7, 11) is 0. The molecule has 4 nitrogen and oxygen atoms in total. The van der Waals surface area contributed by atoms with Gasteiger partial charge in [-0.05, 0) is 19.3 Å². The Bertz CT molecular complexity index is 213. The third kappa shape index (κ3) is 1.21. The van der Waals surface area contributed by atoms with Crippen molar-refractivity contribution in [1.29, 1.82) is 0 Å². The summed E-state index contributed by atoms with van der Waals surface area (Å²) in [5.41, 5.74) is 4.64. The van der Waals surface area contributed by atoms with Gasteiger partial charge in [-0.1, -0.05) is 0 Å². The number of amides is 1. The molecule has 68 valence electrons. The van der Waals surface area contributed by atoms with Crippen LogP contribution in [0, 0.1) is 0 Å². The zero-order chi connectivity index (χ0) is 8.77. The molecule has 3 N–H and O–H groups in total. The molecule has 1 aliphatic heterocycles. The van der Waals surface area contributed by atoms with Crippen molar-refractivity contribution in [2.45, 2.75) is 30.9 Å². The van der Waals surface area contributed by atoms with E-state index in [1.807, 2.05) is 0 Å². The number of aliphatic hydroxyl groups is 1. The van der Waals surface area contributed by atoms with Crippen LogP contribution in [0.15, 0.2) is 0 Å². The van der Waals surface area contributed by atoms with E-state index in [1.165, 1.54) is 0 Å². The quantitative estimate of drug-likeness (QED) is 0.534. The standard InChI is InChI=1S/C8H14N2O2/c9-6-1-4-10(5-6)7(11)8(12)2-3-8/h6,12H,1-5,9H2/t6-/m0/s1. The number of rotatable bonds is 1. The average Bonchev–Trinajstić information content (AvgIpc) is 2.62. The van der Waals surface area contributed by atoms with Crippen molar-refractivity contribution in [1.82, 2.24) is 4.90 Å². The van der Waals surface area contributed by atoms with Crippen LogP contribution in [0.2, 0.25) is 0 Å². The molecule has 1 amide bonds. The van der Waals surface area contributed by atoms with Gasteiger partial charge in [0.05, 0.1) is 0 Å². The van der Waals surface area contributed by atoms with Gasteiger partial charge in [0, 0.05) is 19.1 Å². The molecule has 0 unspecified atom stereocenters. The maximum absolute atomic E-state index is 11.5. The van der Waals surface area contributed by atoms with Crippen LogP contribution < -0.4 is 5.73 Å². The van der Waals surface area contributed by atoms with Crippen molar-refractivity contribution in [3.05, 3.63) is 0 Å². The molecule has 12 heavy (non-hydrogen) atoms. The first kappa shape index (κ1) is 8.01. The van der Waals surface area contributed by atoms with Crippen LogP contribution in [0.3, 0.4) is 0 Å². The smallest absolute Gasteiger partial charge is 0.254 e. The summed E-state index contributed by atoms with van der Waals surface area (Å²) >= 11 is 0. The molecular formula is C8H14N2O2. The number of carbonyl (C=O) groups excluding carboxylic acids is 1. The van der Waals surface area contributed by atoms with E-state index in [2.05, 4.69) is 0 Å². The zero-order valence-electron chi connectivity index (χ0n) is 6.99. The Hall–Kier alpha value is -0.610. The number of carbonyl (C=O) groups is 1. The lowest BCUT2D eigenvalue weighted by Crippen LogP contribution is -2.40. The molecule has 1 atom stereocenters. The Morgan fingerprint density at radius 3 is 2.67 bits per heavy atom. The van der Waals surface area contributed by atoms with E-state index >= 15 is 0 Å². The predicted molar refractivity (Wildman–Crippen MR) is 43.4 cm³/mol. The lowest BCUT2D eigenvalue weighted by atomic mass is 10.3. The highest BCUT2D eigenvalue weighted by molar-refractivity contribution is 5.88. The topological polar surface area (TPSA) is 66.6 Å². The summed E-state index contributed by atoms with van der Waals surface area (Å²) in [5, 5.41) is 9.51. The van der Waals surface area contributed by atoms with Crippen LogP contribution in [0.5, 0.6) is 0 Å². The summed E-state index contributed by atoms with van der Waals surface area (Å²) in [4.78, 5) is 13.2. The molecule has 1 saturated heterocycles. The molecule has 1 aliphatic carbocycles. The van der Waals surface area contributed by atoms with Crippen LogP contribution in [0.1, 0.15) is 19.3 Å². The molecule has 4 heteroatoms. The van der Waals surface area contributed by atoms with Gasteiger partial charge in [-0.25, -0.2) is 0 Å². The summed E-state index contributed by atoms with van der Waals surface area (Å²) in [6.45, 7) is 1.32. The highest BCUT2D eigenvalue weighted by Gasteiger charge is 2.50. The Morgan fingerprint density at radius 1 is 1.58 bits per heavy atom. The lowest BCUT2D eigenvalue weighted by Gasteiger charge is -2.18. The number of nitrogens with zero attached hydrogens (tertiary/aromatic N) is 1. The van der Waals surface area contributed by atoms with Gasteiger partial charge in [0.25, 0.3) is 5.91 Å². The predicted octanol–water partition coefficient (Wildman–Crippen LogP) is -0.929. The maximum Gasteiger partial charge on any atom is 0.254 e. The molecule has 0 radical (unpaired) electrons. The first-order chi connectivity index (χ1) is 5.62. The van der Waals surface area contributed by atoms with E-state index < -0.39 is 5.60 Å². The molecule has 2 rings (SSSR count). The molecule has 1 saturated carbocycles. The first-order valence-electron chi connectivity index (χ1n) is 4.39. The zero-order valence-corrected chi connectivity index (χ0v) is 6.99. The van der Waals surface area contributed by atoms with Gasteiger partial charge >= 0.3 is 0 Å². The van der Waals surface area contributed by atoms with Crippen molar-refractivity contribution in [2.24, 2.45) is 5.73 Å². The van der Waals surface area contributed by atoms with Crippen LogP contribution in [0.25, 0.3) is 0 Å². The first-order valence-corrected chi connectivity index (χ1v) is 4.39. The minimum atomic E-state index is -1.01. The Balaban J connectivity index is 1.97. The Labute approximate surface area is 71.3 Å². The van der Waals surface area contributed by atoms with E-state index in [-0.39, 0.29) is 11.9 Å². The van der Waals surface area contributed by atoms with Crippen molar-refractivity contribution < 1.29 is 9.90 Å². The molecule has 0 aromatic carbocycles. The Morgan fingerprint density at radius 2 is 2.25 bits per heavy atom. The normalized spacial score (nSPS) is 32.2. The second-order valence-electron chi connectivity index (χ2n) is 3.83. The molecule has 1 heterocycles. The molecule has 2 aliphatic rings. The van der Waals surface area contributed by atoms with Gasteiger partial charge in [-0.2, -0.15) is 0 Å². The highest BCUT2D eigenvalue weighted by Crippen LogP contribution is 2.37. The largest absolute Gasteiger partial charge is 0.380 e. The fraction of sp³-hybridized carbons (Fsp3) is 0.875. The Kier molecular flexibility index (Phi) is 1.63. The monoisotopic (exact) mass is 170 g/mol. The van der Waals surface area contributed by atoms with Crippen molar-refractivity contribution >= 4 is 5.91 Å². The van der Waals surface area contributed by atoms with Gasteiger partial charge in [0.1, 0.15) is 5.60 Å². The summed E-state index contributed by atoms with van der Waals surface area (Å²) in [5.74, 6) is -0.115. The van der Waals surface area contributed by atoms with Crippen molar-refractivity contribution in [3.63, 3.8) is 0 Å². The SMILES string of the molecule is N[C@H]1CCN(C(=O)C2(O)CC2)C1. The van der Waals surface area contributed by atoms with Crippen molar-refractivity contribution in [3.8, 4) is 0 Å². The molecular weight excluding hydrogens is 156 g/mol. The van der Waals surface area contributed by atoms with Crippen LogP contribution in [-0.2, 0) is 4.79 Å². The van der Waals surface area contributed by atoms with E-state index in [4.69, 9.17) is 5.73 Å². The van der Waals surface area contributed by atoms with E-state index in [1.54, 1.807) is 4.90 Å². The second-order valence-corrected chi connectivity index (χ2v) is 3.83. The van der Waals surface area contributed by atoms with Gasteiger partial charge < -0.3 is 15.7 Å². The lowest BCUT2D eigenvalue weighted by molar-refractivity contribution is -0.141. The van der Waals surface area contributed by atoms with Crippen LogP contribution in [0.4, 0.5) is 0 Å². The number of likely N-dealkylation sites (tertiary alicyclic amines) is 1. The summed E-state index contributed by atoms with van der Waals surface area (Å²) in [6, 6.07) is 0.108. The van der Waals surface area contributed by atoms with Crippen LogP contribution in [-0.4, -0.2) is 40.6 Å². The van der Waals surface area contributed by atoms with Gasteiger partial charge in [0.15, 0.2) is 0 Å². The molecule has 0 spiro atoms. The second kappa shape index (κ2) is 2.44. The van der Waals surface area contributed by atoms with E-state index in [0.717, 1.165) is 6.42 Å².